The molecule has 0 saturated heterocycles. The summed E-state index contributed by atoms with van der Waals surface area (Å²) < 4.78 is 28.2. The van der Waals surface area contributed by atoms with E-state index in [9.17, 15) is 8.42 Å². The smallest absolute Gasteiger partial charge is 0.216 e. The van der Waals surface area contributed by atoms with Gasteiger partial charge in [0.25, 0.3) is 0 Å². The van der Waals surface area contributed by atoms with Crippen LogP contribution in [0.2, 0.25) is 0 Å². The number of methoxy groups -OCH3 is 1. The second-order valence-electron chi connectivity index (χ2n) is 4.07. The maximum atomic E-state index is 11.5. The van der Waals surface area contributed by atoms with Crippen LogP contribution in [-0.2, 0) is 9.84 Å². The fraction of sp³-hybridized carbons (Fsp3) is 0.250. The van der Waals surface area contributed by atoms with Crippen LogP contribution in [0.15, 0.2) is 29.3 Å². The van der Waals surface area contributed by atoms with E-state index in [0.29, 0.717) is 16.3 Å². The highest BCUT2D eigenvalue weighted by molar-refractivity contribution is 7.90. The summed E-state index contributed by atoms with van der Waals surface area (Å²) in [5.41, 5.74) is 2.38. The summed E-state index contributed by atoms with van der Waals surface area (Å²) in [6.07, 6.45) is 2.85. The van der Waals surface area contributed by atoms with Gasteiger partial charge in [0.15, 0.2) is 9.84 Å². The Hall–Kier alpha value is -1.82. The molecular weight excluding hydrogens is 252 g/mol. The van der Waals surface area contributed by atoms with Crippen molar-refractivity contribution < 1.29 is 13.2 Å². The number of benzene rings is 1. The number of hydrogen-bond acceptors (Lipinski definition) is 4. The minimum atomic E-state index is -3.19. The zero-order valence-electron chi connectivity index (χ0n) is 10.4. The van der Waals surface area contributed by atoms with E-state index >= 15 is 0 Å². The van der Waals surface area contributed by atoms with Crippen molar-refractivity contribution in [2.24, 2.45) is 0 Å². The fourth-order valence-corrected chi connectivity index (χ4v) is 2.83. The molecule has 6 heteroatoms. The van der Waals surface area contributed by atoms with Gasteiger partial charge in [-0.1, -0.05) is 6.07 Å². The van der Waals surface area contributed by atoms with Crippen LogP contribution in [0.3, 0.4) is 0 Å². The first kappa shape index (κ1) is 12.6. The van der Waals surface area contributed by atoms with Crippen LogP contribution in [-0.4, -0.2) is 32.0 Å². The zero-order chi connectivity index (χ0) is 13.3. The van der Waals surface area contributed by atoms with E-state index in [1.807, 2.05) is 6.07 Å². The maximum Gasteiger partial charge on any atom is 0.216 e. The van der Waals surface area contributed by atoms with Crippen molar-refractivity contribution >= 4 is 9.84 Å². The average molecular weight is 266 g/mol. The Morgan fingerprint density at radius 1 is 1.33 bits per heavy atom. The van der Waals surface area contributed by atoms with E-state index in [-0.39, 0.29) is 0 Å². The SMILES string of the molecule is COc1[nH]ncc1-c1ccc(S(C)(=O)=O)c(C)c1. The molecule has 1 N–H and O–H groups in total. The quantitative estimate of drug-likeness (QED) is 0.919. The molecule has 0 spiro atoms. The van der Waals surface area contributed by atoms with Crippen molar-refractivity contribution in [3.8, 4) is 17.0 Å². The Kier molecular flexibility index (Phi) is 3.13. The summed E-state index contributed by atoms with van der Waals surface area (Å²) in [6.45, 7) is 1.77. The van der Waals surface area contributed by atoms with Gasteiger partial charge in [0.05, 0.1) is 23.8 Å². The fourth-order valence-electron chi connectivity index (χ4n) is 1.87. The number of ether oxygens (including phenoxy) is 1. The molecule has 0 atom stereocenters. The standard InChI is InChI=1S/C12H14N2O3S/c1-8-6-9(4-5-11(8)18(3,15)16)10-7-13-14-12(10)17-2/h4-7H,1-3H3,(H,13,14). The first-order valence-electron chi connectivity index (χ1n) is 5.32. The summed E-state index contributed by atoms with van der Waals surface area (Å²) in [6, 6.07) is 5.16. The molecular formula is C12H14N2O3S. The molecule has 0 bridgehead atoms. The first-order valence-corrected chi connectivity index (χ1v) is 7.21. The van der Waals surface area contributed by atoms with Crippen LogP contribution in [0.1, 0.15) is 5.56 Å². The Balaban J connectivity index is 2.54. The monoisotopic (exact) mass is 266 g/mol. The van der Waals surface area contributed by atoms with Crippen LogP contribution in [0, 0.1) is 6.92 Å². The Morgan fingerprint density at radius 2 is 2.06 bits per heavy atom. The van der Waals surface area contributed by atoms with Gasteiger partial charge in [-0.2, -0.15) is 5.10 Å². The van der Waals surface area contributed by atoms with Gasteiger partial charge in [-0.3, -0.25) is 0 Å². The van der Waals surface area contributed by atoms with Gasteiger partial charge in [-0.25, -0.2) is 13.5 Å². The third-order valence-corrected chi connectivity index (χ3v) is 3.95. The lowest BCUT2D eigenvalue weighted by molar-refractivity contribution is 0.398. The Morgan fingerprint density at radius 3 is 2.61 bits per heavy atom. The largest absolute Gasteiger partial charge is 0.481 e. The number of aromatic amines is 1. The third kappa shape index (κ3) is 2.24. The van der Waals surface area contributed by atoms with Crippen molar-refractivity contribution in [1.82, 2.24) is 10.2 Å². The van der Waals surface area contributed by atoms with E-state index in [2.05, 4.69) is 10.2 Å². The van der Waals surface area contributed by atoms with Gasteiger partial charge >= 0.3 is 0 Å². The predicted molar refractivity (Wildman–Crippen MR) is 68.4 cm³/mol. The van der Waals surface area contributed by atoms with Crippen LogP contribution in [0.5, 0.6) is 5.88 Å². The van der Waals surface area contributed by atoms with E-state index in [0.717, 1.165) is 11.1 Å². The molecule has 0 amide bonds. The molecule has 0 aliphatic rings. The Bertz CT molecular complexity index is 674. The normalized spacial score (nSPS) is 11.5. The molecule has 0 aliphatic heterocycles. The zero-order valence-corrected chi connectivity index (χ0v) is 11.2. The highest BCUT2D eigenvalue weighted by Crippen LogP contribution is 2.29. The van der Waals surface area contributed by atoms with Crippen molar-refractivity contribution in [2.75, 3.05) is 13.4 Å². The van der Waals surface area contributed by atoms with Crippen molar-refractivity contribution in [1.29, 1.82) is 0 Å². The molecule has 0 unspecified atom stereocenters. The van der Waals surface area contributed by atoms with E-state index in [1.165, 1.54) is 6.26 Å². The molecule has 0 aliphatic carbocycles. The van der Waals surface area contributed by atoms with E-state index in [4.69, 9.17) is 4.74 Å². The molecule has 96 valence electrons. The number of nitrogens with one attached hydrogen (secondary N) is 1. The molecule has 18 heavy (non-hydrogen) atoms. The number of rotatable bonds is 3. The highest BCUT2D eigenvalue weighted by atomic mass is 32.2. The Labute approximate surface area is 106 Å². The van der Waals surface area contributed by atoms with Gasteiger partial charge in [-0.15, -0.1) is 0 Å². The van der Waals surface area contributed by atoms with Gasteiger partial charge in [-0.05, 0) is 30.2 Å². The number of aryl methyl sites for hydroxylation is 1. The molecule has 5 nitrogen and oxygen atoms in total. The summed E-state index contributed by atoms with van der Waals surface area (Å²) in [4.78, 5) is 0.341. The number of hydrogen-bond donors (Lipinski definition) is 1. The molecule has 2 aromatic rings. The summed E-state index contributed by atoms with van der Waals surface area (Å²) in [7, 11) is -1.64. The van der Waals surface area contributed by atoms with Crippen molar-refractivity contribution in [2.45, 2.75) is 11.8 Å². The van der Waals surface area contributed by atoms with E-state index < -0.39 is 9.84 Å². The molecule has 1 heterocycles. The number of H-pyrrole nitrogens is 1. The second kappa shape index (κ2) is 4.45. The molecule has 2 rings (SSSR count). The number of aromatic nitrogens is 2. The predicted octanol–water partition coefficient (Wildman–Crippen LogP) is 1.80. The van der Waals surface area contributed by atoms with Crippen LogP contribution in [0.25, 0.3) is 11.1 Å². The van der Waals surface area contributed by atoms with Gasteiger partial charge in [0, 0.05) is 6.26 Å². The summed E-state index contributed by atoms with van der Waals surface area (Å²) in [5.74, 6) is 0.557. The van der Waals surface area contributed by atoms with Gasteiger partial charge in [0.1, 0.15) is 0 Å². The lowest BCUT2D eigenvalue weighted by Gasteiger charge is -2.07. The summed E-state index contributed by atoms with van der Waals surface area (Å²) >= 11 is 0. The topological polar surface area (TPSA) is 72.0 Å². The molecule has 0 radical (unpaired) electrons. The highest BCUT2D eigenvalue weighted by Gasteiger charge is 2.13. The molecule has 1 aromatic heterocycles. The molecule has 1 aromatic carbocycles. The van der Waals surface area contributed by atoms with Crippen LogP contribution >= 0.6 is 0 Å². The first-order chi connectivity index (χ1) is 8.43. The number of sulfone groups is 1. The van der Waals surface area contributed by atoms with E-state index in [1.54, 1.807) is 32.4 Å². The minimum Gasteiger partial charge on any atom is -0.481 e. The lowest BCUT2D eigenvalue weighted by Crippen LogP contribution is -2.00. The van der Waals surface area contributed by atoms with Crippen LogP contribution in [0.4, 0.5) is 0 Å². The summed E-state index contributed by atoms with van der Waals surface area (Å²) in [5, 5.41) is 6.63. The second-order valence-corrected chi connectivity index (χ2v) is 6.05. The average Bonchev–Trinajstić information content (AvgIpc) is 2.74. The van der Waals surface area contributed by atoms with Gasteiger partial charge < -0.3 is 4.74 Å². The molecule has 0 fully saturated rings. The van der Waals surface area contributed by atoms with Crippen molar-refractivity contribution in [3.63, 3.8) is 0 Å². The third-order valence-electron chi connectivity index (χ3n) is 2.69. The van der Waals surface area contributed by atoms with Crippen molar-refractivity contribution in [3.05, 3.63) is 30.0 Å². The molecule has 0 saturated carbocycles. The number of nitrogens with zero attached hydrogens (tertiary/aromatic N) is 1. The lowest BCUT2D eigenvalue weighted by atomic mass is 10.1. The van der Waals surface area contributed by atoms with Crippen LogP contribution < -0.4 is 4.74 Å². The maximum absolute atomic E-state index is 11.5. The van der Waals surface area contributed by atoms with Gasteiger partial charge in [0.2, 0.25) is 5.88 Å². The minimum absolute atomic E-state index is 0.341.